The van der Waals surface area contributed by atoms with E-state index in [0.717, 1.165) is 24.2 Å². The highest BCUT2D eigenvalue weighted by Crippen LogP contribution is 2.34. The van der Waals surface area contributed by atoms with Crippen LogP contribution in [0.25, 0.3) is 0 Å². The molecule has 0 atom stereocenters. The van der Waals surface area contributed by atoms with Crippen LogP contribution >= 0.6 is 0 Å². The lowest BCUT2D eigenvalue weighted by atomic mass is 10.0. The van der Waals surface area contributed by atoms with Crippen molar-refractivity contribution in [1.29, 1.82) is 0 Å². The minimum Gasteiger partial charge on any atom is -0.382 e. The summed E-state index contributed by atoms with van der Waals surface area (Å²) in [5, 5.41) is 4.54. The van der Waals surface area contributed by atoms with Crippen LogP contribution in [0.4, 0.5) is 5.69 Å². The maximum atomic E-state index is 6.18. The first-order valence-corrected chi connectivity index (χ1v) is 7.73. The second-order valence-electron chi connectivity index (χ2n) is 5.54. The minimum atomic E-state index is 0.505. The van der Waals surface area contributed by atoms with Gasteiger partial charge in [0.25, 0.3) is 0 Å². The third-order valence-corrected chi connectivity index (χ3v) is 3.99. The van der Waals surface area contributed by atoms with E-state index in [2.05, 4.69) is 42.1 Å². The molecule has 0 unspecified atom stereocenters. The van der Waals surface area contributed by atoms with Crippen molar-refractivity contribution < 1.29 is 0 Å². The second-order valence-corrected chi connectivity index (χ2v) is 5.54. The van der Waals surface area contributed by atoms with Crippen molar-refractivity contribution in [2.75, 3.05) is 0 Å². The zero-order chi connectivity index (χ0) is 14.8. The number of aliphatic imine (C=N–C) groups is 1. The average molecular weight is 282 g/mol. The van der Waals surface area contributed by atoms with Crippen LogP contribution in [0.3, 0.4) is 0 Å². The highest BCUT2D eigenvalue weighted by molar-refractivity contribution is 5.97. The first-order chi connectivity index (χ1) is 10.2. The van der Waals surface area contributed by atoms with E-state index in [4.69, 9.17) is 5.73 Å². The van der Waals surface area contributed by atoms with E-state index in [-0.39, 0.29) is 0 Å². The van der Waals surface area contributed by atoms with Crippen molar-refractivity contribution in [1.82, 2.24) is 9.78 Å². The van der Waals surface area contributed by atoms with Crippen molar-refractivity contribution in [3.05, 3.63) is 47.3 Å². The molecule has 0 amide bonds. The van der Waals surface area contributed by atoms with Gasteiger partial charge in [0.05, 0.1) is 11.7 Å². The van der Waals surface area contributed by atoms with Crippen LogP contribution in [0.1, 0.15) is 49.6 Å². The number of para-hydroxylation sites is 1. The van der Waals surface area contributed by atoms with E-state index in [9.17, 15) is 0 Å². The summed E-state index contributed by atoms with van der Waals surface area (Å²) in [6.07, 6.45) is 6.35. The molecule has 0 saturated heterocycles. The van der Waals surface area contributed by atoms with Crippen LogP contribution in [0.15, 0.2) is 35.5 Å². The van der Waals surface area contributed by atoms with Crippen LogP contribution in [0.5, 0.6) is 0 Å². The zero-order valence-electron chi connectivity index (χ0n) is 12.7. The number of amidine groups is 1. The molecule has 0 aliphatic heterocycles. The maximum Gasteiger partial charge on any atom is 0.151 e. The fourth-order valence-electron chi connectivity index (χ4n) is 2.55. The number of nitrogens with two attached hydrogens (primary N) is 1. The number of hydrogen-bond acceptors (Lipinski definition) is 2. The van der Waals surface area contributed by atoms with Crippen molar-refractivity contribution in [3.63, 3.8) is 0 Å². The van der Waals surface area contributed by atoms with Crippen molar-refractivity contribution in [2.24, 2.45) is 10.7 Å². The quantitative estimate of drug-likeness (QED) is 0.675. The number of nitrogens with zero attached hydrogens (tertiary/aromatic N) is 3. The van der Waals surface area contributed by atoms with Gasteiger partial charge >= 0.3 is 0 Å². The molecule has 1 aromatic carbocycles. The number of hydrogen-bond donors (Lipinski definition) is 1. The van der Waals surface area contributed by atoms with Crippen LogP contribution < -0.4 is 5.73 Å². The predicted molar refractivity (Wildman–Crippen MR) is 86.1 cm³/mol. The fraction of sp³-hybridized carbons (Fsp3) is 0.412. The normalized spacial score (nSPS) is 15.4. The van der Waals surface area contributed by atoms with Crippen LogP contribution in [0.2, 0.25) is 0 Å². The van der Waals surface area contributed by atoms with E-state index in [1.807, 2.05) is 16.9 Å². The lowest BCUT2D eigenvalue weighted by Gasteiger charge is -2.09. The molecular formula is C17H22N4. The van der Waals surface area contributed by atoms with Gasteiger partial charge in [-0.2, -0.15) is 5.10 Å². The molecule has 2 aromatic rings. The Morgan fingerprint density at radius 1 is 1.24 bits per heavy atom. The summed E-state index contributed by atoms with van der Waals surface area (Å²) in [6.45, 7) is 4.29. The van der Waals surface area contributed by atoms with E-state index in [1.165, 1.54) is 24.0 Å². The smallest absolute Gasteiger partial charge is 0.151 e. The standard InChI is InChI=1S/C17H22N4/c1-3-12-6-5-7-13(4-2)16(12)19-17(18)15-10-11-21(20-15)14-8-9-14/h5-7,10-11,14H,3-4,8-9H2,1-2H3,(H2,18,19). The van der Waals surface area contributed by atoms with Crippen LogP contribution in [-0.2, 0) is 12.8 Å². The number of benzene rings is 1. The summed E-state index contributed by atoms with van der Waals surface area (Å²) in [5.74, 6) is 0.505. The summed E-state index contributed by atoms with van der Waals surface area (Å²) >= 11 is 0. The summed E-state index contributed by atoms with van der Waals surface area (Å²) < 4.78 is 2.00. The molecule has 1 aromatic heterocycles. The molecule has 1 aliphatic carbocycles. The van der Waals surface area contributed by atoms with E-state index in [0.29, 0.717) is 11.9 Å². The first kappa shape index (κ1) is 13.9. The summed E-state index contributed by atoms with van der Waals surface area (Å²) in [7, 11) is 0. The Morgan fingerprint density at radius 2 is 1.90 bits per heavy atom. The Labute approximate surface area is 125 Å². The van der Waals surface area contributed by atoms with Crippen molar-refractivity contribution in [3.8, 4) is 0 Å². The number of aryl methyl sites for hydroxylation is 2. The Kier molecular flexibility index (Phi) is 3.78. The van der Waals surface area contributed by atoms with Crippen molar-refractivity contribution >= 4 is 11.5 Å². The van der Waals surface area contributed by atoms with Gasteiger partial charge in [0, 0.05) is 6.20 Å². The predicted octanol–water partition coefficient (Wildman–Crippen LogP) is 3.38. The van der Waals surface area contributed by atoms with Crippen LogP contribution in [0, 0.1) is 0 Å². The molecule has 1 saturated carbocycles. The molecule has 0 spiro atoms. The van der Waals surface area contributed by atoms with Gasteiger partial charge in [-0.25, -0.2) is 4.99 Å². The Morgan fingerprint density at radius 3 is 2.48 bits per heavy atom. The Balaban J connectivity index is 1.95. The van der Waals surface area contributed by atoms with Crippen molar-refractivity contribution in [2.45, 2.75) is 45.6 Å². The zero-order valence-corrected chi connectivity index (χ0v) is 12.7. The van der Waals surface area contributed by atoms with Gasteiger partial charge in [-0.1, -0.05) is 32.0 Å². The molecule has 1 aliphatic rings. The Bertz CT molecular complexity index is 643. The summed E-state index contributed by atoms with van der Waals surface area (Å²) in [4.78, 5) is 4.68. The third-order valence-electron chi connectivity index (χ3n) is 3.99. The molecule has 21 heavy (non-hydrogen) atoms. The van der Waals surface area contributed by atoms with E-state index in [1.54, 1.807) is 0 Å². The number of rotatable bonds is 5. The number of aromatic nitrogens is 2. The average Bonchev–Trinajstić information content (AvgIpc) is 3.24. The molecule has 0 bridgehead atoms. The van der Waals surface area contributed by atoms with Gasteiger partial charge in [-0.15, -0.1) is 0 Å². The molecular weight excluding hydrogens is 260 g/mol. The monoisotopic (exact) mass is 282 g/mol. The maximum absolute atomic E-state index is 6.18. The SMILES string of the molecule is CCc1cccc(CC)c1N=C(N)c1ccn(C2CC2)n1. The highest BCUT2D eigenvalue weighted by atomic mass is 15.3. The van der Waals surface area contributed by atoms with E-state index < -0.39 is 0 Å². The Hall–Kier alpha value is -2.10. The first-order valence-electron chi connectivity index (χ1n) is 7.73. The molecule has 0 radical (unpaired) electrons. The fourth-order valence-corrected chi connectivity index (χ4v) is 2.55. The third kappa shape index (κ3) is 2.84. The summed E-state index contributed by atoms with van der Waals surface area (Å²) in [5.41, 5.74) is 10.4. The lowest BCUT2D eigenvalue weighted by molar-refractivity contribution is 0.640. The molecule has 4 heteroatoms. The lowest BCUT2D eigenvalue weighted by Crippen LogP contribution is -2.14. The van der Waals surface area contributed by atoms with Gasteiger partial charge in [0.2, 0.25) is 0 Å². The minimum absolute atomic E-state index is 0.505. The molecule has 2 N–H and O–H groups in total. The van der Waals surface area contributed by atoms with Gasteiger partial charge in [0.1, 0.15) is 5.69 Å². The highest BCUT2D eigenvalue weighted by Gasteiger charge is 2.24. The molecule has 3 rings (SSSR count). The van der Waals surface area contributed by atoms with Gasteiger partial charge in [-0.3, -0.25) is 4.68 Å². The largest absolute Gasteiger partial charge is 0.382 e. The van der Waals surface area contributed by atoms with E-state index >= 15 is 0 Å². The molecule has 1 heterocycles. The molecule has 4 nitrogen and oxygen atoms in total. The van der Waals surface area contributed by atoms with Gasteiger partial charge in [0.15, 0.2) is 5.84 Å². The van der Waals surface area contributed by atoms with Gasteiger partial charge < -0.3 is 5.73 Å². The molecule has 110 valence electrons. The topological polar surface area (TPSA) is 56.2 Å². The molecule has 1 fully saturated rings. The van der Waals surface area contributed by atoms with Gasteiger partial charge in [-0.05, 0) is 42.9 Å². The second kappa shape index (κ2) is 5.72. The summed E-state index contributed by atoms with van der Waals surface area (Å²) in [6, 6.07) is 8.86. The van der Waals surface area contributed by atoms with Crippen LogP contribution in [-0.4, -0.2) is 15.6 Å².